The van der Waals surface area contributed by atoms with E-state index in [9.17, 15) is 31.5 Å². The number of allylic oxidation sites excluding steroid dienone is 3. The van der Waals surface area contributed by atoms with Crippen LogP contribution in [0, 0.1) is 17.0 Å². The molecular formula is C33H28F5IN2O2. The van der Waals surface area contributed by atoms with Crippen LogP contribution in [0.1, 0.15) is 41.7 Å². The number of hydrogen-bond acceptors (Lipinski definition) is 2. The van der Waals surface area contributed by atoms with Gasteiger partial charge < -0.3 is 10.2 Å². The summed E-state index contributed by atoms with van der Waals surface area (Å²) in [5, 5.41) is 2.99. The third-order valence-corrected chi connectivity index (χ3v) is 10.5. The van der Waals surface area contributed by atoms with E-state index in [2.05, 4.69) is 5.32 Å². The lowest BCUT2D eigenvalue weighted by atomic mass is 9.71. The van der Waals surface area contributed by atoms with Crippen molar-refractivity contribution in [2.24, 2.45) is 5.41 Å². The van der Waals surface area contributed by atoms with E-state index >= 15 is 0 Å². The van der Waals surface area contributed by atoms with Gasteiger partial charge in [-0.15, -0.1) is 0 Å². The summed E-state index contributed by atoms with van der Waals surface area (Å²) in [6.45, 7) is 2.23. The average molecular weight is 706 g/mol. The van der Waals surface area contributed by atoms with Gasteiger partial charge in [-0.3, -0.25) is 9.59 Å². The number of nitrogens with one attached hydrogen (secondary N) is 1. The minimum atomic E-state index is -4.42. The zero-order valence-corrected chi connectivity index (χ0v) is 25.3. The number of benzene rings is 3. The first kappa shape index (κ1) is 30.8. The molecule has 1 atom stereocenters. The number of carbonyl (C=O) groups is 2. The molecule has 0 spiro atoms. The molecule has 0 unspecified atom stereocenters. The molecule has 0 aromatic heterocycles. The van der Waals surface area contributed by atoms with Crippen LogP contribution >= 0.6 is 20.7 Å². The molecule has 0 bridgehead atoms. The molecule has 4 nitrogen and oxygen atoms in total. The lowest BCUT2D eigenvalue weighted by Crippen LogP contribution is -2.51. The van der Waals surface area contributed by atoms with Crippen molar-refractivity contribution in [2.75, 3.05) is 13.1 Å². The molecule has 2 aliphatic heterocycles. The first-order valence-corrected chi connectivity index (χ1v) is 16.0. The Morgan fingerprint density at radius 2 is 1.37 bits per heavy atom. The maximum atomic E-state index is 13.9. The van der Waals surface area contributed by atoms with Crippen LogP contribution in [-0.4, -0.2) is 40.0 Å². The topological polar surface area (TPSA) is 49.4 Å². The van der Waals surface area contributed by atoms with E-state index in [0.29, 0.717) is 16.7 Å². The summed E-state index contributed by atoms with van der Waals surface area (Å²) in [6.07, 6.45) is -1.49. The van der Waals surface area contributed by atoms with Crippen LogP contribution in [0.2, 0.25) is 0 Å². The van der Waals surface area contributed by atoms with Crippen molar-refractivity contribution in [3.8, 4) is 11.1 Å². The van der Waals surface area contributed by atoms with Crippen LogP contribution in [0.4, 0.5) is 22.0 Å². The summed E-state index contributed by atoms with van der Waals surface area (Å²) < 4.78 is 67.7. The Kier molecular flexibility index (Phi) is 8.96. The smallest absolute Gasteiger partial charge is 0.349 e. The van der Waals surface area contributed by atoms with Crippen molar-refractivity contribution in [1.82, 2.24) is 10.2 Å². The quantitative estimate of drug-likeness (QED) is 0.210. The van der Waals surface area contributed by atoms with E-state index in [1.807, 2.05) is 0 Å². The fourth-order valence-electron chi connectivity index (χ4n) is 5.31. The molecule has 3 aromatic carbocycles. The second kappa shape index (κ2) is 12.5. The van der Waals surface area contributed by atoms with E-state index < -0.39 is 47.8 Å². The number of hydrogen-bond donors (Lipinski definition) is 1. The Morgan fingerprint density at radius 1 is 0.837 bits per heavy atom. The van der Waals surface area contributed by atoms with Crippen molar-refractivity contribution in [3.05, 3.63) is 117 Å². The summed E-state index contributed by atoms with van der Waals surface area (Å²) in [7, 11) is 0. The van der Waals surface area contributed by atoms with Crippen LogP contribution in [0.5, 0.6) is 0 Å². The lowest BCUT2D eigenvalue weighted by Gasteiger charge is -2.42. The maximum absolute atomic E-state index is 13.9. The van der Waals surface area contributed by atoms with Gasteiger partial charge in [-0.05, 0) is 88.5 Å². The van der Waals surface area contributed by atoms with E-state index in [1.54, 1.807) is 64.4 Å². The van der Waals surface area contributed by atoms with E-state index in [-0.39, 0.29) is 43.6 Å². The van der Waals surface area contributed by atoms with Gasteiger partial charge in [-0.1, -0.05) is 63.2 Å². The predicted octanol–water partition coefficient (Wildman–Crippen LogP) is 7.89. The Morgan fingerprint density at radius 3 is 1.88 bits per heavy atom. The minimum absolute atomic E-state index is 0.215. The Hall–Kier alpha value is -3.67. The van der Waals surface area contributed by atoms with E-state index in [4.69, 9.17) is 0 Å². The van der Waals surface area contributed by atoms with Crippen LogP contribution in [-0.2, 0) is 4.79 Å². The first-order chi connectivity index (χ1) is 20.5. The van der Waals surface area contributed by atoms with Crippen molar-refractivity contribution < 1.29 is 31.5 Å². The molecule has 3 aromatic rings. The molecular weight excluding hydrogens is 678 g/mol. The molecule has 0 saturated carbocycles. The highest BCUT2D eigenvalue weighted by Crippen LogP contribution is 2.44. The average Bonchev–Trinajstić information content (AvgIpc) is 3.01. The van der Waals surface area contributed by atoms with Gasteiger partial charge in [-0.2, -0.15) is 13.2 Å². The second-order valence-electron chi connectivity index (χ2n) is 10.6. The normalized spacial score (nSPS) is 17.3. The number of nitrogens with zero attached hydrogens (tertiary/aromatic N) is 1. The molecule has 5 rings (SSSR count). The van der Waals surface area contributed by atoms with Crippen molar-refractivity contribution in [2.45, 2.75) is 32.0 Å². The number of rotatable bonds is 6. The molecule has 2 amide bonds. The fourth-order valence-corrected chi connectivity index (χ4v) is 7.53. The number of halogens is 6. The maximum Gasteiger partial charge on any atom is 0.421 e. The molecule has 1 fully saturated rings. The van der Waals surface area contributed by atoms with Crippen molar-refractivity contribution in [3.63, 3.8) is 0 Å². The third kappa shape index (κ3) is 6.79. The molecule has 43 heavy (non-hydrogen) atoms. The number of likely N-dealkylation sites (tertiary alicyclic amines) is 1. The number of amides is 2. The summed E-state index contributed by atoms with van der Waals surface area (Å²) >= 11 is -1.50. The molecule has 0 aliphatic carbocycles. The third-order valence-electron chi connectivity index (χ3n) is 7.89. The van der Waals surface area contributed by atoms with Gasteiger partial charge in [0.05, 0.1) is 15.0 Å². The van der Waals surface area contributed by atoms with Gasteiger partial charge in [0.25, 0.3) is 5.91 Å². The Labute approximate surface area is 256 Å². The van der Waals surface area contributed by atoms with E-state index in [0.717, 1.165) is 17.2 Å². The van der Waals surface area contributed by atoms with E-state index in [1.165, 1.54) is 30.3 Å². The number of piperidine rings is 1. The molecule has 2 heterocycles. The first-order valence-electron chi connectivity index (χ1n) is 13.6. The largest absolute Gasteiger partial charge is 0.421 e. The monoisotopic (exact) mass is 706 g/mol. The highest BCUT2D eigenvalue weighted by molar-refractivity contribution is 14.2. The Balaban J connectivity index is 1.35. The summed E-state index contributed by atoms with van der Waals surface area (Å²) in [6, 6.07) is 18.3. The molecule has 0 radical (unpaired) electrons. The number of carbonyl (C=O) groups excluding carboxylic acids is 2. The minimum Gasteiger partial charge on any atom is -0.349 e. The van der Waals surface area contributed by atoms with Crippen molar-refractivity contribution >= 4 is 36.6 Å². The molecule has 1 saturated heterocycles. The highest BCUT2D eigenvalue weighted by atomic mass is 127. The van der Waals surface area contributed by atoms with Crippen molar-refractivity contribution in [1.29, 1.82) is 0 Å². The zero-order chi connectivity index (χ0) is 30.8. The van der Waals surface area contributed by atoms with Gasteiger partial charge >= 0.3 is 6.18 Å². The van der Waals surface area contributed by atoms with Crippen LogP contribution < -0.4 is 5.32 Å². The molecule has 1 N–H and O–H groups in total. The van der Waals surface area contributed by atoms with Crippen LogP contribution in [0.15, 0.2) is 94.1 Å². The molecule has 224 valence electrons. The standard InChI is InChI=1S/C33H28F5IN2O2/c1-21(22-6-11-27(34)12-7-22)40-31(43)32(26-10-15-29(39-20-26)33(36,37)38)16-18-41(19-17-32)30(42)25-4-2-23(3-5-25)24-8-13-28(35)14-9-24/h2-15,20-21H,16-19H2,1H3,(H,40,43)/t21-/m0/s1. The van der Waals surface area contributed by atoms with Gasteiger partial charge in [0.1, 0.15) is 11.6 Å². The van der Waals surface area contributed by atoms with Crippen LogP contribution in [0.3, 0.4) is 0 Å². The molecule has 2 aliphatic rings. The summed E-state index contributed by atoms with van der Waals surface area (Å²) in [5.41, 5.74) is 2.20. The Bertz CT molecular complexity index is 1590. The summed E-state index contributed by atoms with van der Waals surface area (Å²) in [4.78, 5) is 28.9. The molecule has 10 heteroatoms. The second-order valence-corrected chi connectivity index (χ2v) is 13.0. The van der Waals surface area contributed by atoms with Crippen LogP contribution in [0.25, 0.3) is 11.1 Å². The van der Waals surface area contributed by atoms with Gasteiger partial charge in [0.15, 0.2) is 0 Å². The van der Waals surface area contributed by atoms with Gasteiger partial charge in [-0.25, -0.2) is 8.78 Å². The number of alkyl halides is 3. The summed E-state index contributed by atoms with van der Waals surface area (Å²) in [5.74, 6) is -1.29. The fraction of sp³-hybridized carbons (Fsp3) is 0.242. The highest BCUT2D eigenvalue weighted by Gasteiger charge is 2.46. The van der Waals surface area contributed by atoms with Gasteiger partial charge in [0.2, 0.25) is 5.91 Å². The zero-order valence-electron chi connectivity index (χ0n) is 23.1. The SMILES string of the molecule is C[C@H](NC(=O)C1(C2=CC=C(C(F)(F)F)I=C2)CCN(C(=O)c2ccc(-c3ccc(F)cc3)cc2)CC1)c1ccc(F)cc1. The predicted molar refractivity (Wildman–Crippen MR) is 165 cm³/mol. The lowest BCUT2D eigenvalue weighted by molar-refractivity contribution is -0.131. The van der Waals surface area contributed by atoms with Gasteiger partial charge in [0, 0.05) is 18.7 Å².